The van der Waals surface area contributed by atoms with Gasteiger partial charge in [0.05, 0.1) is 15.9 Å². The Morgan fingerprint density at radius 2 is 2.04 bits per heavy atom. The molecule has 142 valence electrons. The second-order valence-electron chi connectivity index (χ2n) is 6.72. The number of nitrogens with zero attached hydrogens (tertiary/aromatic N) is 3. The molecule has 1 saturated heterocycles. The van der Waals surface area contributed by atoms with Crippen LogP contribution in [0.1, 0.15) is 31.1 Å². The number of guanidine groups is 1. The molecule has 0 unspecified atom stereocenters. The van der Waals surface area contributed by atoms with Gasteiger partial charge in [0, 0.05) is 44.1 Å². The zero-order valence-electron chi connectivity index (χ0n) is 14.7. The number of hydrogen-bond donors (Lipinski definition) is 2. The Hall–Kier alpha value is 0.1000. The molecule has 0 atom stereocenters. The van der Waals surface area contributed by atoms with Crippen molar-refractivity contribution in [1.29, 1.82) is 0 Å². The quantitative estimate of drug-likeness (QED) is 0.341. The number of aliphatic hydroxyl groups is 1. The molecule has 0 amide bonds. The molecule has 1 aromatic rings. The smallest absolute Gasteiger partial charge is 0.194 e. The third-order valence-electron chi connectivity index (χ3n) is 4.82. The zero-order chi connectivity index (χ0) is 17.0. The second kappa shape index (κ2) is 9.87. The molecule has 0 spiro atoms. The fourth-order valence-electron chi connectivity index (χ4n) is 3.17. The highest BCUT2D eigenvalue weighted by atomic mass is 127. The third-order valence-corrected chi connectivity index (χ3v) is 6.43. The highest BCUT2D eigenvalue weighted by Gasteiger charge is 2.34. The van der Waals surface area contributed by atoms with Crippen molar-refractivity contribution in [2.24, 2.45) is 4.99 Å². The second-order valence-corrected chi connectivity index (χ2v) is 9.26. The summed E-state index contributed by atoms with van der Waals surface area (Å²) in [5.41, 5.74) is -0.547. The number of piperazine rings is 1. The monoisotopic (exact) mass is 542 g/mol. The van der Waals surface area contributed by atoms with Gasteiger partial charge in [0.1, 0.15) is 0 Å². The first kappa shape index (κ1) is 21.4. The number of thiophene rings is 1. The van der Waals surface area contributed by atoms with Gasteiger partial charge >= 0.3 is 0 Å². The first-order valence-corrected chi connectivity index (χ1v) is 10.4. The Morgan fingerprint density at radius 1 is 1.32 bits per heavy atom. The summed E-state index contributed by atoms with van der Waals surface area (Å²) in [6.07, 6.45) is 2.90. The number of halogens is 2. The molecule has 1 saturated carbocycles. The van der Waals surface area contributed by atoms with E-state index in [0.29, 0.717) is 6.54 Å². The summed E-state index contributed by atoms with van der Waals surface area (Å²) in [7, 11) is 0. The topological polar surface area (TPSA) is 51.1 Å². The lowest BCUT2D eigenvalue weighted by molar-refractivity contribution is -0.0238. The molecule has 0 aromatic carbocycles. The van der Waals surface area contributed by atoms with E-state index in [1.165, 1.54) is 8.66 Å². The van der Waals surface area contributed by atoms with E-state index in [9.17, 15) is 5.11 Å². The van der Waals surface area contributed by atoms with Gasteiger partial charge in [0.2, 0.25) is 0 Å². The molecule has 1 aliphatic carbocycles. The van der Waals surface area contributed by atoms with Crippen molar-refractivity contribution in [1.82, 2.24) is 15.1 Å². The minimum absolute atomic E-state index is 0. The summed E-state index contributed by atoms with van der Waals surface area (Å²) in [5.74, 6) is 0.955. The van der Waals surface area contributed by atoms with E-state index in [0.717, 1.165) is 64.5 Å². The van der Waals surface area contributed by atoms with E-state index in [1.807, 2.05) is 11.3 Å². The van der Waals surface area contributed by atoms with Gasteiger partial charge in [-0.2, -0.15) is 0 Å². The average Bonchev–Trinajstić information content (AvgIpc) is 2.95. The summed E-state index contributed by atoms with van der Waals surface area (Å²) in [6, 6.07) is 4.32. The van der Waals surface area contributed by atoms with Gasteiger partial charge in [-0.25, -0.2) is 0 Å². The molecule has 1 aliphatic heterocycles. The standard InChI is InChI=1S/C17H27BrN4OS.HI/c1-2-19-16(20-13-17(23)6-3-7-17)22-10-8-21(9-11-22)12-14-4-5-15(18)24-14;/h4-5,23H,2-3,6-13H2,1H3,(H,19,20);1H. The molecule has 0 bridgehead atoms. The van der Waals surface area contributed by atoms with Gasteiger partial charge in [-0.1, -0.05) is 0 Å². The molecule has 5 nitrogen and oxygen atoms in total. The Labute approximate surface area is 180 Å². The molecule has 2 N–H and O–H groups in total. The molecule has 2 fully saturated rings. The Balaban J connectivity index is 0.00000225. The van der Waals surface area contributed by atoms with E-state index in [-0.39, 0.29) is 24.0 Å². The average molecular weight is 543 g/mol. The van der Waals surface area contributed by atoms with Crippen molar-refractivity contribution < 1.29 is 5.11 Å². The minimum Gasteiger partial charge on any atom is -0.388 e. The van der Waals surface area contributed by atoms with Crippen molar-refractivity contribution in [3.8, 4) is 0 Å². The van der Waals surface area contributed by atoms with Gasteiger partial charge in [-0.3, -0.25) is 9.89 Å². The van der Waals surface area contributed by atoms with E-state index in [2.05, 4.69) is 50.1 Å². The number of aliphatic imine (C=N–C) groups is 1. The van der Waals surface area contributed by atoms with Crippen LogP contribution >= 0.6 is 51.2 Å². The lowest BCUT2D eigenvalue weighted by Gasteiger charge is -2.38. The Kier molecular flexibility index (Phi) is 8.45. The van der Waals surface area contributed by atoms with Crippen LogP contribution in [0.15, 0.2) is 20.9 Å². The predicted molar refractivity (Wildman–Crippen MR) is 119 cm³/mol. The lowest BCUT2D eigenvalue weighted by Crippen LogP contribution is -2.52. The van der Waals surface area contributed by atoms with E-state index >= 15 is 0 Å². The van der Waals surface area contributed by atoms with Crippen LogP contribution in [0.25, 0.3) is 0 Å². The maximum Gasteiger partial charge on any atom is 0.194 e. The van der Waals surface area contributed by atoms with E-state index in [4.69, 9.17) is 4.99 Å². The number of rotatable bonds is 5. The third kappa shape index (κ3) is 6.05. The summed E-state index contributed by atoms with van der Waals surface area (Å²) >= 11 is 5.35. The maximum atomic E-state index is 10.3. The van der Waals surface area contributed by atoms with Crippen molar-refractivity contribution in [2.75, 3.05) is 39.3 Å². The normalized spacial score (nSPS) is 20.8. The molecule has 25 heavy (non-hydrogen) atoms. The summed E-state index contributed by atoms with van der Waals surface area (Å²) in [4.78, 5) is 10.9. The molecule has 1 aromatic heterocycles. The largest absolute Gasteiger partial charge is 0.388 e. The van der Waals surface area contributed by atoms with Gasteiger partial charge in [0.25, 0.3) is 0 Å². The van der Waals surface area contributed by atoms with Crippen LogP contribution in [0.5, 0.6) is 0 Å². The van der Waals surface area contributed by atoms with Crippen molar-refractivity contribution in [2.45, 2.75) is 38.3 Å². The maximum absolute atomic E-state index is 10.3. The highest BCUT2D eigenvalue weighted by molar-refractivity contribution is 14.0. The van der Waals surface area contributed by atoms with Crippen LogP contribution in [-0.4, -0.2) is 65.7 Å². The molecule has 8 heteroatoms. The van der Waals surface area contributed by atoms with Crippen LogP contribution in [0, 0.1) is 0 Å². The molecule has 2 aliphatic rings. The summed E-state index contributed by atoms with van der Waals surface area (Å²) in [6.45, 7) is 8.57. The number of nitrogens with one attached hydrogen (secondary N) is 1. The van der Waals surface area contributed by atoms with Crippen LogP contribution in [0.2, 0.25) is 0 Å². The first-order valence-electron chi connectivity index (χ1n) is 8.80. The van der Waals surface area contributed by atoms with Crippen LogP contribution < -0.4 is 5.32 Å². The summed E-state index contributed by atoms with van der Waals surface area (Å²) in [5, 5.41) is 13.7. The SMILES string of the molecule is CCNC(=NCC1(O)CCC1)N1CCN(Cc2ccc(Br)s2)CC1.I. The van der Waals surface area contributed by atoms with E-state index in [1.54, 1.807) is 0 Å². The van der Waals surface area contributed by atoms with Crippen molar-refractivity contribution in [3.63, 3.8) is 0 Å². The lowest BCUT2D eigenvalue weighted by atomic mass is 9.80. The van der Waals surface area contributed by atoms with Gasteiger partial charge in [0.15, 0.2) is 5.96 Å². The van der Waals surface area contributed by atoms with Crippen LogP contribution in [-0.2, 0) is 6.54 Å². The van der Waals surface area contributed by atoms with E-state index < -0.39 is 5.60 Å². The molecule has 3 rings (SSSR count). The number of hydrogen-bond acceptors (Lipinski definition) is 4. The van der Waals surface area contributed by atoms with Gasteiger partial charge in [-0.15, -0.1) is 35.3 Å². The molecular formula is C17H28BrIN4OS. The fourth-order valence-corrected chi connectivity index (χ4v) is 4.69. The molecule has 0 radical (unpaired) electrons. The summed E-state index contributed by atoms with van der Waals surface area (Å²) < 4.78 is 1.20. The molecular weight excluding hydrogens is 515 g/mol. The van der Waals surface area contributed by atoms with Crippen molar-refractivity contribution in [3.05, 3.63) is 20.8 Å². The first-order chi connectivity index (χ1) is 11.6. The van der Waals surface area contributed by atoms with Gasteiger partial charge in [-0.05, 0) is 54.2 Å². The fraction of sp³-hybridized carbons (Fsp3) is 0.706. The minimum atomic E-state index is -0.547. The Morgan fingerprint density at radius 3 is 2.56 bits per heavy atom. The van der Waals surface area contributed by atoms with Crippen LogP contribution in [0.4, 0.5) is 0 Å². The van der Waals surface area contributed by atoms with Crippen LogP contribution in [0.3, 0.4) is 0 Å². The zero-order valence-corrected chi connectivity index (χ0v) is 19.4. The van der Waals surface area contributed by atoms with Crippen molar-refractivity contribution >= 4 is 57.2 Å². The predicted octanol–water partition coefficient (Wildman–Crippen LogP) is 3.13. The highest BCUT2D eigenvalue weighted by Crippen LogP contribution is 2.31. The Bertz CT molecular complexity index is 571. The van der Waals surface area contributed by atoms with Gasteiger partial charge < -0.3 is 15.3 Å². The molecule has 2 heterocycles.